The van der Waals surface area contributed by atoms with Gasteiger partial charge in [0, 0.05) is 27.8 Å². The molecule has 0 saturated carbocycles. The zero-order valence-corrected chi connectivity index (χ0v) is 15.7. The number of rotatable bonds is 6. The van der Waals surface area contributed by atoms with Crippen LogP contribution in [0.4, 0.5) is 5.69 Å². The maximum atomic E-state index is 13.2. The molecule has 0 aliphatic carbocycles. The number of aryl methyl sites for hydroxylation is 3. The quantitative estimate of drug-likeness (QED) is 0.639. The Hall–Kier alpha value is -2.52. The maximum absolute atomic E-state index is 13.2. The lowest BCUT2D eigenvalue weighted by Crippen LogP contribution is -2.12. The van der Waals surface area contributed by atoms with Gasteiger partial charge in [-0.25, -0.2) is 12.4 Å². The van der Waals surface area contributed by atoms with Gasteiger partial charge in [-0.2, -0.15) is 0 Å². The number of aromatic nitrogens is 1. The van der Waals surface area contributed by atoms with Crippen molar-refractivity contribution in [2.24, 2.45) is 5.18 Å². The number of fused-ring (bicyclic) bond motifs is 1. The van der Waals surface area contributed by atoms with Gasteiger partial charge in [-0.1, -0.05) is 6.07 Å². The van der Waals surface area contributed by atoms with E-state index in [0.717, 1.165) is 8.85 Å². The first-order valence-electron chi connectivity index (χ1n) is 7.76. The highest BCUT2D eigenvalue weighted by Gasteiger charge is 2.25. The fourth-order valence-corrected chi connectivity index (χ4v) is 5.83. The Balaban J connectivity index is 2.25. The molecule has 0 atom stereocenters. The molecule has 0 spiro atoms. The Bertz CT molecular complexity index is 1130. The molecular weight excluding hydrogens is 376 g/mol. The summed E-state index contributed by atoms with van der Waals surface area (Å²) >= 11 is 1.39. The maximum Gasteiger partial charge on any atom is 0.303 e. The Morgan fingerprint density at radius 2 is 2.00 bits per heavy atom. The van der Waals surface area contributed by atoms with Gasteiger partial charge in [-0.15, -0.1) is 16.2 Å². The molecule has 136 valence electrons. The molecular formula is C17H16N2O5S2. The molecule has 0 bridgehead atoms. The van der Waals surface area contributed by atoms with Crippen molar-refractivity contribution in [2.45, 2.75) is 31.6 Å². The third-order valence-corrected chi connectivity index (χ3v) is 6.98. The standard InChI is InChI=1S/C17H16N2O5S2/c1-10-7-16(11(2)25-10)26(23,24)19-9-12(3-6-17(20)21)14-5-4-13(18-22)8-15(14)19/h4-5,7-9H,3,6H2,1-2H3,(H,20,21). The van der Waals surface area contributed by atoms with E-state index in [2.05, 4.69) is 5.18 Å². The lowest BCUT2D eigenvalue weighted by Gasteiger charge is -2.07. The summed E-state index contributed by atoms with van der Waals surface area (Å²) in [6.07, 6.45) is 1.50. The molecule has 3 aromatic rings. The van der Waals surface area contributed by atoms with E-state index in [1.807, 2.05) is 6.92 Å². The zero-order valence-electron chi connectivity index (χ0n) is 14.1. The first kappa shape index (κ1) is 18.3. The van der Waals surface area contributed by atoms with Crippen molar-refractivity contribution in [1.29, 1.82) is 0 Å². The predicted molar refractivity (Wildman–Crippen MR) is 99.7 cm³/mol. The van der Waals surface area contributed by atoms with Crippen LogP contribution in [0.25, 0.3) is 10.9 Å². The largest absolute Gasteiger partial charge is 0.481 e. The van der Waals surface area contributed by atoms with E-state index in [-0.39, 0.29) is 23.4 Å². The fraction of sp³-hybridized carbons (Fsp3) is 0.235. The Morgan fingerprint density at radius 3 is 2.58 bits per heavy atom. The van der Waals surface area contributed by atoms with Gasteiger partial charge in [0.2, 0.25) is 0 Å². The highest BCUT2D eigenvalue weighted by atomic mass is 32.2. The van der Waals surface area contributed by atoms with Crippen LogP contribution < -0.4 is 0 Å². The molecule has 26 heavy (non-hydrogen) atoms. The van der Waals surface area contributed by atoms with Gasteiger partial charge in [0.15, 0.2) is 0 Å². The summed E-state index contributed by atoms with van der Waals surface area (Å²) < 4.78 is 27.5. The second-order valence-corrected chi connectivity index (χ2v) is 9.16. The lowest BCUT2D eigenvalue weighted by molar-refractivity contribution is -0.136. The highest BCUT2D eigenvalue weighted by molar-refractivity contribution is 7.90. The molecule has 7 nitrogen and oxygen atoms in total. The summed E-state index contributed by atoms with van der Waals surface area (Å²) in [6, 6.07) is 6.09. The molecule has 0 unspecified atom stereocenters. The molecule has 0 saturated heterocycles. The first-order chi connectivity index (χ1) is 12.2. The van der Waals surface area contributed by atoms with Gasteiger partial charge in [-0.05, 0) is 49.2 Å². The Kier molecular flexibility index (Phi) is 4.68. The van der Waals surface area contributed by atoms with E-state index in [4.69, 9.17) is 5.11 Å². The van der Waals surface area contributed by atoms with E-state index in [0.29, 0.717) is 21.3 Å². The van der Waals surface area contributed by atoms with E-state index in [1.165, 1.54) is 29.7 Å². The SMILES string of the molecule is Cc1cc(S(=O)(=O)n2cc(CCC(=O)O)c3ccc(N=O)cc32)c(C)s1. The summed E-state index contributed by atoms with van der Waals surface area (Å²) in [5, 5.41) is 12.4. The number of nitroso groups, excluding NO2 is 1. The predicted octanol–water partition coefficient (Wildman–Crippen LogP) is 3.97. The molecule has 0 fully saturated rings. The number of carboxylic acid groups (broad SMARTS) is 1. The van der Waals surface area contributed by atoms with Crippen LogP contribution in [0.2, 0.25) is 0 Å². The van der Waals surface area contributed by atoms with Crippen LogP contribution in [0.5, 0.6) is 0 Å². The van der Waals surface area contributed by atoms with Gasteiger partial charge < -0.3 is 5.11 Å². The summed E-state index contributed by atoms with van der Waals surface area (Å²) in [7, 11) is -3.88. The minimum Gasteiger partial charge on any atom is -0.481 e. The molecule has 1 aromatic carbocycles. The minimum atomic E-state index is -3.88. The summed E-state index contributed by atoms with van der Waals surface area (Å²) in [5.74, 6) is -0.968. The van der Waals surface area contributed by atoms with Crippen LogP contribution in [0.3, 0.4) is 0 Å². The molecule has 3 rings (SSSR count). The Morgan fingerprint density at radius 1 is 1.27 bits per heavy atom. The van der Waals surface area contributed by atoms with Gasteiger partial charge in [0.05, 0.1) is 5.52 Å². The molecule has 0 aliphatic heterocycles. The van der Waals surface area contributed by atoms with Gasteiger partial charge in [0.25, 0.3) is 10.0 Å². The first-order valence-corrected chi connectivity index (χ1v) is 10.0. The monoisotopic (exact) mass is 392 g/mol. The Labute approximate surface area is 153 Å². The summed E-state index contributed by atoms with van der Waals surface area (Å²) in [4.78, 5) is 23.5. The molecule has 0 amide bonds. The van der Waals surface area contributed by atoms with Crippen molar-refractivity contribution in [3.05, 3.63) is 50.7 Å². The van der Waals surface area contributed by atoms with Crippen molar-refractivity contribution in [3.8, 4) is 0 Å². The third-order valence-electron chi connectivity index (χ3n) is 4.08. The number of thiophene rings is 1. The van der Waals surface area contributed by atoms with Crippen LogP contribution in [-0.2, 0) is 21.2 Å². The second-order valence-electron chi connectivity index (χ2n) is 5.92. The number of nitrogens with zero attached hydrogens (tertiary/aromatic N) is 2. The van der Waals surface area contributed by atoms with Crippen LogP contribution in [0.1, 0.15) is 21.7 Å². The molecule has 9 heteroatoms. The molecule has 2 aromatic heterocycles. The molecule has 2 heterocycles. The van der Waals surface area contributed by atoms with E-state index < -0.39 is 16.0 Å². The number of aliphatic carboxylic acids is 1. The topological polar surface area (TPSA) is 106 Å². The van der Waals surface area contributed by atoms with Gasteiger partial charge in [-0.3, -0.25) is 4.79 Å². The second kappa shape index (κ2) is 6.65. The van der Waals surface area contributed by atoms with E-state index >= 15 is 0 Å². The number of hydrogen-bond donors (Lipinski definition) is 1. The van der Waals surface area contributed by atoms with Crippen molar-refractivity contribution in [2.75, 3.05) is 0 Å². The number of carboxylic acids is 1. The van der Waals surface area contributed by atoms with Gasteiger partial charge in [0.1, 0.15) is 10.6 Å². The van der Waals surface area contributed by atoms with Gasteiger partial charge >= 0.3 is 5.97 Å². The molecule has 0 aliphatic rings. The average Bonchev–Trinajstić information content (AvgIpc) is 3.12. The van der Waals surface area contributed by atoms with E-state index in [1.54, 1.807) is 19.1 Å². The zero-order chi connectivity index (χ0) is 19.1. The smallest absolute Gasteiger partial charge is 0.303 e. The van der Waals surface area contributed by atoms with Crippen LogP contribution in [0.15, 0.2) is 40.5 Å². The minimum absolute atomic E-state index is 0.107. The van der Waals surface area contributed by atoms with Crippen LogP contribution in [0, 0.1) is 18.8 Å². The summed E-state index contributed by atoms with van der Waals surface area (Å²) in [5.41, 5.74) is 1.01. The van der Waals surface area contributed by atoms with Crippen molar-refractivity contribution in [3.63, 3.8) is 0 Å². The normalized spacial score (nSPS) is 11.8. The third kappa shape index (κ3) is 3.15. The summed E-state index contributed by atoms with van der Waals surface area (Å²) in [6.45, 7) is 3.57. The van der Waals surface area contributed by atoms with Crippen molar-refractivity contribution >= 4 is 43.9 Å². The van der Waals surface area contributed by atoms with E-state index in [9.17, 15) is 18.1 Å². The van der Waals surface area contributed by atoms with Crippen molar-refractivity contribution in [1.82, 2.24) is 3.97 Å². The molecule has 1 N–H and O–H groups in total. The number of benzene rings is 1. The fourth-order valence-electron chi connectivity index (χ4n) is 2.92. The lowest BCUT2D eigenvalue weighted by atomic mass is 10.1. The van der Waals surface area contributed by atoms with Crippen LogP contribution >= 0.6 is 11.3 Å². The van der Waals surface area contributed by atoms with Crippen molar-refractivity contribution < 1.29 is 18.3 Å². The number of carbonyl (C=O) groups is 1. The van der Waals surface area contributed by atoms with Crippen LogP contribution in [-0.4, -0.2) is 23.5 Å². The molecule has 0 radical (unpaired) electrons. The number of hydrogen-bond acceptors (Lipinski definition) is 6. The highest BCUT2D eigenvalue weighted by Crippen LogP contribution is 2.33. The average molecular weight is 392 g/mol.